The molecule has 0 saturated carbocycles. The molecular weight excluding hydrogens is 342 g/mol. The number of nitrogens with zero attached hydrogens (tertiary/aromatic N) is 5. The van der Waals surface area contributed by atoms with Crippen molar-refractivity contribution in [2.24, 2.45) is 18.9 Å². The quantitative estimate of drug-likeness (QED) is 0.783. The summed E-state index contributed by atoms with van der Waals surface area (Å²) < 4.78 is 1.86. The highest BCUT2D eigenvalue weighted by molar-refractivity contribution is 5.81. The number of likely N-dealkylation sites (tertiary alicyclic amines) is 2. The number of piperidine rings is 1. The lowest BCUT2D eigenvalue weighted by Gasteiger charge is -2.42. The third-order valence-electron chi connectivity index (χ3n) is 6.20. The zero-order valence-corrected chi connectivity index (χ0v) is 17.1. The second kappa shape index (κ2) is 8.42. The largest absolute Gasteiger partial charge is 0.345 e. The Bertz CT molecular complexity index is 673. The SMILES string of the molecule is CCN1CCC[C@@H](CN(C)C(=O)[C@H]2CCN(C(C)=O)C2)[C@@H]1c1cnn(C)c1. The van der Waals surface area contributed by atoms with Crippen molar-refractivity contribution in [3.8, 4) is 0 Å². The normalized spacial score (nSPS) is 26.4. The van der Waals surface area contributed by atoms with E-state index in [9.17, 15) is 9.59 Å². The fourth-order valence-corrected chi connectivity index (χ4v) is 4.77. The summed E-state index contributed by atoms with van der Waals surface area (Å²) in [7, 11) is 3.87. The molecule has 1 aromatic rings. The molecule has 27 heavy (non-hydrogen) atoms. The van der Waals surface area contributed by atoms with Crippen LogP contribution in [0.5, 0.6) is 0 Å². The summed E-state index contributed by atoms with van der Waals surface area (Å²) in [6, 6.07) is 0.310. The monoisotopic (exact) mass is 375 g/mol. The Balaban J connectivity index is 1.68. The summed E-state index contributed by atoms with van der Waals surface area (Å²) in [5.74, 6) is 0.594. The first-order valence-corrected chi connectivity index (χ1v) is 10.1. The molecule has 7 nitrogen and oxygen atoms in total. The second-order valence-electron chi connectivity index (χ2n) is 8.09. The maximum atomic E-state index is 12.9. The Hall–Kier alpha value is -1.89. The molecule has 3 heterocycles. The van der Waals surface area contributed by atoms with Gasteiger partial charge in [-0.15, -0.1) is 0 Å². The number of carbonyl (C=O) groups is 2. The van der Waals surface area contributed by atoms with Crippen LogP contribution in [0.1, 0.15) is 44.7 Å². The van der Waals surface area contributed by atoms with Gasteiger partial charge in [-0.1, -0.05) is 6.92 Å². The molecular formula is C20H33N5O2. The van der Waals surface area contributed by atoms with Crippen LogP contribution in [-0.2, 0) is 16.6 Å². The van der Waals surface area contributed by atoms with Gasteiger partial charge in [-0.2, -0.15) is 5.10 Å². The van der Waals surface area contributed by atoms with Gasteiger partial charge >= 0.3 is 0 Å². The summed E-state index contributed by atoms with van der Waals surface area (Å²) in [5, 5.41) is 4.37. The van der Waals surface area contributed by atoms with Crippen LogP contribution in [0.25, 0.3) is 0 Å². The van der Waals surface area contributed by atoms with Crippen LogP contribution in [0.3, 0.4) is 0 Å². The van der Waals surface area contributed by atoms with E-state index in [1.54, 1.807) is 11.8 Å². The van der Waals surface area contributed by atoms with E-state index < -0.39 is 0 Å². The van der Waals surface area contributed by atoms with Gasteiger partial charge in [0.1, 0.15) is 0 Å². The first-order valence-electron chi connectivity index (χ1n) is 10.1. The molecule has 0 bridgehead atoms. The Kier molecular flexibility index (Phi) is 6.19. The highest BCUT2D eigenvalue weighted by atomic mass is 16.2. The fraction of sp³-hybridized carbons (Fsp3) is 0.750. The van der Waals surface area contributed by atoms with Gasteiger partial charge in [0.15, 0.2) is 0 Å². The highest BCUT2D eigenvalue weighted by Gasteiger charge is 2.36. The molecule has 2 aliphatic rings. The lowest BCUT2D eigenvalue weighted by molar-refractivity contribution is -0.135. The molecule has 2 saturated heterocycles. The van der Waals surface area contributed by atoms with Gasteiger partial charge in [0.25, 0.3) is 0 Å². The van der Waals surface area contributed by atoms with Crippen LogP contribution >= 0.6 is 0 Å². The van der Waals surface area contributed by atoms with Gasteiger partial charge < -0.3 is 9.80 Å². The molecule has 0 N–H and O–H groups in total. The molecule has 0 aliphatic carbocycles. The Morgan fingerprint density at radius 1 is 1.30 bits per heavy atom. The van der Waals surface area contributed by atoms with E-state index in [4.69, 9.17) is 0 Å². The van der Waals surface area contributed by atoms with Crippen LogP contribution in [0.2, 0.25) is 0 Å². The van der Waals surface area contributed by atoms with Gasteiger partial charge in [0.05, 0.1) is 12.1 Å². The van der Waals surface area contributed by atoms with Crippen molar-refractivity contribution >= 4 is 11.8 Å². The summed E-state index contributed by atoms with van der Waals surface area (Å²) in [6.07, 6.45) is 7.14. The molecule has 0 radical (unpaired) electrons. The minimum atomic E-state index is -0.0541. The van der Waals surface area contributed by atoms with Crippen LogP contribution in [0, 0.1) is 11.8 Å². The lowest BCUT2D eigenvalue weighted by atomic mass is 9.85. The number of aromatic nitrogens is 2. The molecule has 3 atom stereocenters. The van der Waals surface area contributed by atoms with Crippen molar-refractivity contribution < 1.29 is 9.59 Å². The Labute approximate surface area is 162 Å². The third kappa shape index (κ3) is 4.34. The van der Waals surface area contributed by atoms with Crippen LogP contribution in [-0.4, -0.2) is 76.1 Å². The smallest absolute Gasteiger partial charge is 0.227 e. The average molecular weight is 376 g/mol. The molecule has 0 unspecified atom stereocenters. The maximum Gasteiger partial charge on any atom is 0.227 e. The summed E-state index contributed by atoms with van der Waals surface area (Å²) in [5.41, 5.74) is 1.24. The van der Waals surface area contributed by atoms with Crippen molar-refractivity contribution in [1.82, 2.24) is 24.5 Å². The van der Waals surface area contributed by atoms with Gasteiger partial charge in [-0.3, -0.25) is 19.2 Å². The van der Waals surface area contributed by atoms with Crippen molar-refractivity contribution in [2.45, 2.75) is 39.2 Å². The van der Waals surface area contributed by atoms with Crippen LogP contribution in [0.4, 0.5) is 0 Å². The van der Waals surface area contributed by atoms with Gasteiger partial charge in [-0.25, -0.2) is 0 Å². The molecule has 1 aromatic heterocycles. The maximum absolute atomic E-state index is 12.9. The lowest BCUT2D eigenvalue weighted by Crippen LogP contribution is -2.45. The summed E-state index contributed by atoms with van der Waals surface area (Å²) >= 11 is 0. The summed E-state index contributed by atoms with van der Waals surface area (Å²) in [6.45, 7) is 7.91. The predicted octanol–water partition coefficient (Wildman–Crippen LogP) is 1.52. The molecule has 150 valence electrons. The van der Waals surface area contributed by atoms with Gasteiger partial charge in [0.2, 0.25) is 11.8 Å². The van der Waals surface area contributed by atoms with E-state index in [-0.39, 0.29) is 17.7 Å². The average Bonchev–Trinajstić information content (AvgIpc) is 3.30. The first kappa shape index (κ1) is 19.9. The Morgan fingerprint density at radius 3 is 2.67 bits per heavy atom. The van der Waals surface area contributed by atoms with E-state index in [0.717, 1.165) is 32.5 Å². The van der Waals surface area contributed by atoms with Crippen molar-refractivity contribution in [1.29, 1.82) is 0 Å². The van der Waals surface area contributed by atoms with Gasteiger partial charge in [-0.05, 0) is 38.3 Å². The number of rotatable bonds is 5. The molecule has 3 rings (SSSR count). The minimum Gasteiger partial charge on any atom is -0.345 e. The number of aryl methyl sites for hydroxylation is 1. The number of carbonyl (C=O) groups excluding carboxylic acids is 2. The fourth-order valence-electron chi connectivity index (χ4n) is 4.77. The predicted molar refractivity (Wildman–Crippen MR) is 104 cm³/mol. The van der Waals surface area contributed by atoms with Crippen LogP contribution in [0.15, 0.2) is 12.4 Å². The van der Waals surface area contributed by atoms with E-state index in [2.05, 4.69) is 23.1 Å². The van der Waals surface area contributed by atoms with Crippen LogP contribution < -0.4 is 0 Å². The zero-order valence-electron chi connectivity index (χ0n) is 17.1. The highest BCUT2D eigenvalue weighted by Crippen LogP contribution is 2.36. The molecule has 2 aliphatic heterocycles. The number of hydrogen-bond donors (Lipinski definition) is 0. The van der Waals surface area contributed by atoms with E-state index in [1.807, 2.05) is 29.9 Å². The van der Waals surface area contributed by atoms with E-state index in [0.29, 0.717) is 25.0 Å². The van der Waals surface area contributed by atoms with E-state index in [1.165, 1.54) is 12.0 Å². The first-order chi connectivity index (χ1) is 12.9. The molecule has 2 amide bonds. The topological polar surface area (TPSA) is 61.7 Å². The summed E-state index contributed by atoms with van der Waals surface area (Å²) in [4.78, 5) is 30.7. The number of amides is 2. The molecule has 2 fully saturated rings. The zero-order chi connectivity index (χ0) is 19.6. The van der Waals surface area contributed by atoms with Crippen molar-refractivity contribution in [3.63, 3.8) is 0 Å². The number of hydrogen-bond acceptors (Lipinski definition) is 4. The van der Waals surface area contributed by atoms with Gasteiger partial charge in [0, 0.05) is 58.5 Å². The molecule has 7 heteroatoms. The van der Waals surface area contributed by atoms with Crippen molar-refractivity contribution in [2.75, 3.05) is 39.8 Å². The molecule has 0 aromatic carbocycles. The second-order valence-corrected chi connectivity index (χ2v) is 8.09. The standard InChI is InChI=1S/C20H33N5O2/c1-5-24-9-6-7-16(19(24)18-11-21-23(4)13-18)12-22(3)20(27)17-8-10-25(14-17)15(2)26/h11,13,16-17,19H,5-10,12,14H2,1-4H3/t16-,17-,19+/m0/s1. The third-order valence-corrected chi connectivity index (χ3v) is 6.20. The van der Waals surface area contributed by atoms with Crippen molar-refractivity contribution in [3.05, 3.63) is 18.0 Å². The van der Waals surface area contributed by atoms with E-state index >= 15 is 0 Å². The molecule has 0 spiro atoms. The Morgan fingerprint density at radius 2 is 2.07 bits per heavy atom. The minimum absolute atomic E-state index is 0.0541.